The van der Waals surface area contributed by atoms with Crippen molar-refractivity contribution in [2.45, 2.75) is 32.2 Å². The van der Waals surface area contributed by atoms with Crippen LogP contribution in [0, 0.1) is 11.7 Å². The average Bonchev–Trinajstić information content (AvgIpc) is 3.32. The molecule has 1 saturated carbocycles. The summed E-state index contributed by atoms with van der Waals surface area (Å²) in [4.78, 5) is 9.30. The third-order valence-corrected chi connectivity index (χ3v) is 4.92. The van der Waals surface area contributed by atoms with Gasteiger partial charge in [0.25, 0.3) is 0 Å². The Bertz CT molecular complexity index is 578. The largest absolute Gasteiger partial charge is 0.353 e. The Morgan fingerprint density at radius 1 is 1.25 bits per heavy atom. The van der Waals surface area contributed by atoms with Crippen LogP contribution in [0.5, 0.6) is 0 Å². The van der Waals surface area contributed by atoms with Gasteiger partial charge in [0.2, 0.25) is 0 Å². The van der Waals surface area contributed by atoms with Crippen LogP contribution < -0.4 is 5.32 Å². The standard InChI is InChI=1S/C19H29FN4/c1-14(2)13-23-8-10-24(11-9-23)19(21-3)22-18-12-16(18)15-6-4-5-7-17(15)20/h4-7,14,16,18H,8-13H2,1-3H3,(H,21,22). The molecule has 1 aromatic rings. The maximum atomic E-state index is 13.9. The second-order valence-corrected chi connectivity index (χ2v) is 7.34. The maximum Gasteiger partial charge on any atom is 0.193 e. The molecule has 2 atom stereocenters. The third-order valence-electron chi connectivity index (χ3n) is 4.92. The van der Waals surface area contributed by atoms with Crippen LogP contribution in [0.15, 0.2) is 29.3 Å². The monoisotopic (exact) mass is 332 g/mol. The highest BCUT2D eigenvalue weighted by atomic mass is 19.1. The van der Waals surface area contributed by atoms with Gasteiger partial charge < -0.3 is 10.2 Å². The lowest BCUT2D eigenvalue weighted by atomic mass is 10.1. The van der Waals surface area contributed by atoms with E-state index in [0.29, 0.717) is 12.0 Å². The molecule has 1 aliphatic heterocycles. The first-order chi connectivity index (χ1) is 11.6. The predicted molar refractivity (Wildman–Crippen MR) is 96.9 cm³/mol. The minimum Gasteiger partial charge on any atom is -0.353 e. The van der Waals surface area contributed by atoms with Gasteiger partial charge >= 0.3 is 0 Å². The topological polar surface area (TPSA) is 30.9 Å². The Labute approximate surface area is 144 Å². The van der Waals surface area contributed by atoms with Crippen molar-refractivity contribution in [3.05, 3.63) is 35.6 Å². The Morgan fingerprint density at radius 2 is 1.96 bits per heavy atom. The van der Waals surface area contributed by atoms with Gasteiger partial charge in [-0.2, -0.15) is 0 Å². The van der Waals surface area contributed by atoms with Crippen LogP contribution in [0.3, 0.4) is 0 Å². The van der Waals surface area contributed by atoms with E-state index in [1.54, 1.807) is 12.1 Å². The number of nitrogens with one attached hydrogen (secondary N) is 1. The van der Waals surface area contributed by atoms with Crippen molar-refractivity contribution in [1.82, 2.24) is 15.1 Å². The van der Waals surface area contributed by atoms with E-state index in [0.717, 1.165) is 50.7 Å². The fourth-order valence-electron chi connectivity index (χ4n) is 3.60. The number of benzene rings is 1. The lowest BCUT2D eigenvalue weighted by Crippen LogP contribution is -2.53. The van der Waals surface area contributed by atoms with Crippen molar-refractivity contribution in [3.8, 4) is 0 Å². The summed E-state index contributed by atoms with van der Waals surface area (Å²) in [5.41, 5.74) is 0.826. The molecule has 2 unspecified atom stereocenters. The number of piperazine rings is 1. The van der Waals surface area contributed by atoms with E-state index in [9.17, 15) is 4.39 Å². The summed E-state index contributed by atoms with van der Waals surface area (Å²) < 4.78 is 13.9. The van der Waals surface area contributed by atoms with Crippen molar-refractivity contribution in [2.24, 2.45) is 10.9 Å². The van der Waals surface area contributed by atoms with Gasteiger partial charge in [0.15, 0.2) is 5.96 Å². The van der Waals surface area contributed by atoms with Gasteiger partial charge in [0.05, 0.1) is 0 Å². The Hall–Kier alpha value is -1.62. The number of halogens is 1. The molecule has 0 bridgehead atoms. The van der Waals surface area contributed by atoms with Gasteiger partial charge in [-0.25, -0.2) is 4.39 Å². The van der Waals surface area contributed by atoms with E-state index in [-0.39, 0.29) is 11.7 Å². The maximum absolute atomic E-state index is 13.9. The fraction of sp³-hybridized carbons (Fsp3) is 0.632. The first-order valence-corrected chi connectivity index (χ1v) is 9.03. The van der Waals surface area contributed by atoms with Gasteiger partial charge in [-0.1, -0.05) is 32.0 Å². The molecule has 5 heteroatoms. The molecule has 1 N–H and O–H groups in total. The SMILES string of the molecule is CN=C(NC1CC1c1ccccc1F)N1CCN(CC(C)C)CC1. The van der Waals surface area contributed by atoms with Crippen LogP contribution >= 0.6 is 0 Å². The number of aliphatic imine (C=N–C) groups is 1. The minimum absolute atomic E-state index is 0.0934. The summed E-state index contributed by atoms with van der Waals surface area (Å²) in [5, 5.41) is 3.53. The highest BCUT2D eigenvalue weighted by molar-refractivity contribution is 5.80. The predicted octanol–water partition coefficient (Wildman–Crippen LogP) is 2.53. The number of hydrogen-bond acceptors (Lipinski definition) is 2. The molecule has 3 rings (SSSR count). The van der Waals surface area contributed by atoms with Crippen LogP contribution in [-0.4, -0.2) is 61.6 Å². The molecule has 1 heterocycles. The molecule has 1 aliphatic carbocycles. The van der Waals surface area contributed by atoms with Crippen molar-refractivity contribution < 1.29 is 4.39 Å². The van der Waals surface area contributed by atoms with Crippen LogP contribution in [0.2, 0.25) is 0 Å². The number of rotatable bonds is 4. The first kappa shape index (κ1) is 17.2. The molecule has 2 fully saturated rings. The van der Waals surface area contributed by atoms with Crippen molar-refractivity contribution in [1.29, 1.82) is 0 Å². The van der Waals surface area contributed by atoms with Crippen LogP contribution in [0.1, 0.15) is 31.7 Å². The smallest absolute Gasteiger partial charge is 0.193 e. The highest BCUT2D eigenvalue weighted by Crippen LogP contribution is 2.41. The molecular weight excluding hydrogens is 303 g/mol. The van der Waals surface area contributed by atoms with E-state index < -0.39 is 0 Å². The van der Waals surface area contributed by atoms with Crippen LogP contribution in [-0.2, 0) is 0 Å². The molecular formula is C19H29FN4. The van der Waals surface area contributed by atoms with Gasteiger partial charge in [-0.15, -0.1) is 0 Å². The van der Waals surface area contributed by atoms with Crippen molar-refractivity contribution in [3.63, 3.8) is 0 Å². The van der Waals surface area contributed by atoms with Crippen molar-refractivity contribution in [2.75, 3.05) is 39.8 Å². The fourth-order valence-corrected chi connectivity index (χ4v) is 3.60. The van der Waals surface area contributed by atoms with E-state index in [2.05, 4.69) is 34.0 Å². The van der Waals surface area contributed by atoms with E-state index in [1.165, 1.54) is 0 Å². The number of nitrogens with zero attached hydrogens (tertiary/aromatic N) is 3. The van der Waals surface area contributed by atoms with Crippen LogP contribution in [0.25, 0.3) is 0 Å². The first-order valence-electron chi connectivity index (χ1n) is 9.03. The molecule has 1 saturated heterocycles. The second-order valence-electron chi connectivity index (χ2n) is 7.34. The van der Waals surface area contributed by atoms with Crippen molar-refractivity contribution >= 4 is 5.96 Å². The molecule has 0 spiro atoms. The van der Waals surface area contributed by atoms with Gasteiger partial charge in [-0.3, -0.25) is 9.89 Å². The van der Waals surface area contributed by atoms with E-state index >= 15 is 0 Å². The Balaban J connectivity index is 1.51. The zero-order valence-electron chi connectivity index (χ0n) is 15.0. The molecule has 0 aromatic heterocycles. The lowest BCUT2D eigenvalue weighted by Gasteiger charge is -2.37. The molecule has 132 valence electrons. The summed E-state index contributed by atoms with van der Waals surface area (Å²) in [6.07, 6.45) is 0.979. The minimum atomic E-state index is -0.0934. The third kappa shape index (κ3) is 4.07. The molecule has 0 amide bonds. The summed E-state index contributed by atoms with van der Waals surface area (Å²) in [7, 11) is 1.84. The van der Waals surface area contributed by atoms with Crippen LogP contribution in [0.4, 0.5) is 4.39 Å². The lowest BCUT2D eigenvalue weighted by molar-refractivity contribution is 0.164. The van der Waals surface area contributed by atoms with Gasteiger partial charge in [0.1, 0.15) is 5.82 Å². The number of hydrogen-bond donors (Lipinski definition) is 1. The summed E-state index contributed by atoms with van der Waals surface area (Å²) >= 11 is 0. The molecule has 4 nitrogen and oxygen atoms in total. The quantitative estimate of drug-likeness (QED) is 0.679. The highest BCUT2D eigenvalue weighted by Gasteiger charge is 2.41. The van der Waals surface area contributed by atoms with E-state index in [4.69, 9.17) is 0 Å². The van der Waals surface area contributed by atoms with Gasteiger partial charge in [0, 0.05) is 51.7 Å². The molecule has 0 radical (unpaired) electrons. The number of guanidine groups is 1. The zero-order valence-corrected chi connectivity index (χ0v) is 15.0. The molecule has 1 aromatic carbocycles. The Morgan fingerprint density at radius 3 is 2.58 bits per heavy atom. The zero-order chi connectivity index (χ0) is 17.1. The molecule has 24 heavy (non-hydrogen) atoms. The molecule has 2 aliphatic rings. The summed E-state index contributed by atoms with van der Waals surface area (Å²) in [6.45, 7) is 9.87. The van der Waals surface area contributed by atoms with E-state index in [1.807, 2.05) is 19.2 Å². The summed E-state index contributed by atoms with van der Waals surface area (Å²) in [6, 6.07) is 7.41. The summed E-state index contributed by atoms with van der Waals surface area (Å²) in [5.74, 6) is 1.85. The second kappa shape index (κ2) is 7.51. The van der Waals surface area contributed by atoms with Gasteiger partial charge in [-0.05, 0) is 24.0 Å². The average molecular weight is 332 g/mol. The normalized spacial score (nSPS) is 25.2. The Kier molecular flexibility index (Phi) is 5.39.